The van der Waals surface area contributed by atoms with Crippen molar-refractivity contribution in [3.8, 4) is 0 Å². The number of fused-ring (bicyclic) bond motifs is 1. The molecule has 0 saturated heterocycles. The first-order valence-corrected chi connectivity index (χ1v) is 7.89. The summed E-state index contributed by atoms with van der Waals surface area (Å²) in [6.07, 6.45) is 3.68. The van der Waals surface area contributed by atoms with Gasteiger partial charge >= 0.3 is 0 Å². The van der Waals surface area contributed by atoms with E-state index in [4.69, 9.17) is 0 Å². The third-order valence-corrected chi connectivity index (χ3v) is 4.57. The second kappa shape index (κ2) is 6.43. The topological polar surface area (TPSA) is 49.0 Å². The molecule has 1 N–H and O–H groups in total. The molecule has 5 heteroatoms. The molecule has 0 aliphatic rings. The first-order valence-electron chi connectivity index (χ1n) is 7.89. The maximum atomic E-state index is 13.6. The van der Waals surface area contributed by atoms with E-state index in [0.29, 0.717) is 0 Å². The van der Waals surface area contributed by atoms with E-state index in [0.717, 1.165) is 27.7 Å². The summed E-state index contributed by atoms with van der Waals surface area (Å²) < 4.78 is 13.6. The van der Waals surface area contributed by atoms with E-state index in [-0.39, 0.29) is 24.2 Å². The Kier molecular flexibility index (Phi) is 4.34. The highest BCUT2D eigenvalue weighted by molar-refractivity contribution is 5.90. The van der Waals surface area contributed by atoms with Crippen molar-refractivity contribution in [1.82, 2.24) is 14.9 Å². The smallest absolute Gasteiger partial charge is 0.227 e. The van der Waals surface area contributed by atoms with E-state index in [1.165, 1.54) is 12.1 Å². The van der Waals surface area contributed by atoms with Gasteiger partial charge in [0.25, 0.3) is 0 Å². The summed E-state index contributed by atoms with van der Waals surface area (Å²) in [6.45, 7) is 3.89. The fourth-order valence-corrected chi connectivity index (χ4v) is 2.94. The predicted molar refractivity (Wildman–Crippen MR) is 92.1 cm³/mol. The van der Waals surface area contributed by atoms with Gasteiger partial charge in [-0.1, -0.05) is 0 Å². The number of hydrogen-bond acceptors (Lipinski definition) is 2. The second-order valence-electron chi connectivity index (χ2n) is 6.06. The highest BCUT2D eigenvalue weighted by Crippen LogP contribution is 2.25. The Labute approximate surface area is 140 Å². The van der Waals surface area contributed by atoms with Gasteiger partial charge in [0, 0.05) is 36.0 Å². The van der Waals surface area contributed by atoms with Crippen molar-refractivity contribution in [3.63, 3.8) is 0 Å². The number of halogens is 1. The lowest BCUT2D eigenvalue weighted by Crippen LogP contribution is -2.31. The normalized spacial score (nSPS) is 12.3. The predicted octanol–water partition coefficient (Wildman–Crippen LogP) is 3.77. The molecule has 0 saturated carbocycles. The van der Waals surface area contributed by atoms with Crippen LogP contribution >= 0.6 is 0 Å². The molecule has 24 heavy (non-hydrogen) atoms. The summed E-state index contributed by atoms with van der Waals surface area (Å²) >= 11 is 0. The van der Waals surface area contributed by atoms with Crippen LogP contribution < -0.4 is 0 Å². The minimum atomic E-state index is -0.297. The van der Waals surface area contributed by atoms with Gasteiger partial charge in [0.1, 0.15) is 5.82 Å². The summed E-state index contributed by atoms with van der Waals surface area (Å²) in [6, 6.07) is 8.36. The molecule has 0 spiro atoms. The summed E-state index contributed by atoms with van der Waals surface area (Å²) in [5.74, 6) is -0.304. The average Bonchev–Trinajstić information content (AvgIpc) is 2.89. The molecule has 4 nitrogen and oxygen atoms in total. The van der Waals surface area contributed by atoms with Crippen molar-refractivity contribution in [2.45, 2.75) is 26.3 Å². The number of likely N-dealkylation sites (N-methyl/N-ethyl adjacent to an activating group) is 1. The number of aromatic nitrogens is 2. The van der Waals surface area contributed by atoms with Crippen LogP contribution in [0.2, 0.25) is 0 Å². The number of aryl methyl sites for hydroxylation is 1. The van der Waals surface area contributed by atoms with Crippen molar-refractivity contribution < 1.29 is 9.18 Å². The van der Waals surface area contributed by atoms with Gasteiger partial charge in [-0.15, -0.1) is 0 Å². The van der Waals surface area contributed by atoms with Gasteiger partial charge in [-0.3, -0.25) is 9.78 Å². The number of benzene rings is 1. The van der Waals surface area contributed by atoms with Gasteiger partial charge in [0.05, 0.1) is 12.5 Å². The van der Waals surface area contributed by atoms with Gasteiger partial charge in [-0.25, -0.2) is 4.39 Å². The lowest BCUT2D eigenvalue weighted by Gasteiger charge is -2.25. The Morgan fingerprint density at radius 3 is 2.71 bits per heavy atom. The number of rotatable bonds is 4. The number of carbonyl (C=O) groups is 1. The number of hydrogen-bond donors (Lipinski definition) is 1. The molecule has 0 aliphatic heterocycles. The van der Waals surface area contributed by atoms with E-state index >= 15 is 0 Å². The summed E-state index contributed by atoms with van der Waals surface area (Å²) in [5.41, 5.74) is 3.63. The van der Waals surface area contributed by atoms with Gasteiger partial charge in [0.2, 0.25) is 5.91 Å². The van der Waals surface area contributed by atoms with Crippen LogP contribution in [0.15, 0.2) is 42.7 Å². The third kappa shape index (κ3) is 3.02. The van der Waals surface area contributed by atoms with E-state index in [9.17, 15) is 9.18 Å². The van der Waals surface area contributed by atoms with Crippen LogP contribution in [0.5, 0.6) is 0 Å². The lowest BCUT2D eigenvalue weighted by atomic mass is 10.0. The number of pyridine rings is 1. The molecule has 1 atom stereocenters. The average molecular weight is 325 g/mol. The van der Waals surface area contributed by atoms with E-state index in [1.54, 1.807) is 30.4 Å². The molecule has 1 amide bonds. The number of aromatic amines is 1. The first kappa shape index (κ1) is 16.2. The van der Waals surface area contributed by atoms with Crippen LogP contribution in [0.4, 0.5) is 4.39 Å². The van der Waals surface area contributed by atoms with Crippen LogP contribution in [-0.2, 0) is 11.2 Å². The van der Waals surface area contributed by atoms with Gasteiger partial charge in [-0.05, 0) is 55.3 Å². The Bertz CT molecular complexity index is 873. The number of carbonyl (C=O) groups excluding carboxylic acids is 1. The van der Waals surface area contributed by atoms with Crippen LogP contribution in [0.25, 0.3) is 10.9 Å². The Balaban J connectivity index is 1.84. The largest absolute Gasteiger partial charge is 0.358 e. The molecule has 3 aromatic rings. The molecule has 124 valence electrons. The van der Waals surface area contributed by atoms with Crippen LogP contribution in [-0.4, -0.2) is 27.8 Å². The number of nitrogens with zero attached hydrogens (tertiary/aromatic N) is 2. The quantitative estimate of drug-likeness (QED) is 0.794. The summed E-state index contributed by atoms with van der Waals surface area (Å²) in [4.78, 5) is 21.6. The third-order valence-electron chi connectivity index (χ3n) is 4.57. The molecule has 0 radical (unpaired) electrons. The maximum absolute atomic E-state index is 13.6. The Morgan fingerprint density at radius 1 is 1.29 bits per heavy atom. The highest BCUT2D eigenvalue weighted by Gasteiger charge is 2.20. The summed E-state index contributed by atoms with van der Waals surface area (Å²) in [7, 11) is 1.79. The minimum absolute atomic E-state index is 0.00688. The van der Waals surface area contributed by atoms with Gasteiger partial charge in [-0.2, -0.15) is 0 Å². The van der Waals surface area contributed by atoms with E-state index in [1.807, 2.05) is 26.0 Å². The molecule has 0 bridgehead atoms. The molecule has 2 aromatic heterocycles. The fraction of sp³-hybridized carbons (Fsp3) is 0.263. The SMILES string of the molecule is Cc1[nH]c2ccc(F)cc2c1CC(=O)N(C)[C@@H](C)c1ccncc1. The van der Waals surface area contributed by atoms with Crippen LogP contribution in [0.3, 0.4) is 0 Å². The van der Waals surface area contributed by atoms with Crippen molar-refractivity contribution in [2.24, 2.45) is 0 Å². The van der Waals surface area contributed by atoms with Crippen LogP contribution in [0, 0.1) is 12.7 Å². The molecule has 1 aromatic carbocycles. The Hall–Kier alpha value is -2.69. The number of nitrogens with one attached hydrogen (secondary N) is 1. The zero-order valence-electron chi connectivity index (χ0n) is 14.0. The van der Waals surface area contributed by atoms with E-state index < -0.39 is 0 Å². The second-order valence-corrected chi connectivity index (χ2v) is 6.06. The molecule has 3 rings (SSSR count). The molecule has 0 unspecified atom stereocenters. The molecule has 0 aliphatic carbocycles. The molecule has 0 fully saturated rings. The first-order chi connectivity index (χ1) is 11.5. The number of amides is 1. The van der Waals surface area contributed by atoms with E-state index in [2.05, 4.69) is 9.97 Å². The van der Waals surface area contributed by atoms with Crippen molar-refractivity contribution in [2.75, 3.05) is 7.05 Å². The monoisotopic (exact) mass is 325 g/mol. The minimum Gasteiger partial charge on any atom is -0.358 e. The molecular formula is C19H20FN3O. The lowest BCUT2D eigenvalue weighted by molar-refractivity contribution is -0.131. The molecular weight excluding hydrogens is 305 g/mol. The summed E-state index contributed by atoms with van der Waals surface area (Å²) in [5, 5.41) is 0.769. The van der Waals surface area contributed by atoms with Gasteiger partial charge in [0.15, 0.2) is 0 Å². The zero-order chi connectivity index (χ0) is 17.3. The standard InChI is InChI=1S/C19H20FN3O/c1-12-16(17-10-15(20)4-5-18(17)22-12)11-19(24)23(3)13(2)14-6-8-21-9-7-14/h4-10,13,22H,11H2,1-3H3/t13-/m0/s1. The fourth-order valence-electron chi connectivity index (χ4n) is 2.94. The molecule has 2 heterocycles. The zero-order valence-corrected chi connectivity index (χ0v) is 14.0. The highest BCUT2D eigenvalue weighted by atomic mass is 19.1. The Morgan fingerprint density at radius 2 is 2.00 bits per heavy atom. The maximum Gasteiger partial charge on any atom is 0.227 e. The van der Waals surface area contributed by atoms with Crippen molar-refractivity contribution in [1.29, 1.82) is 0 Å². The van der Waals surface area contributed by atoms with Crippen LogP contribution in [0.1, 0.15) is 29.8 Å². The number of H-pyrrole nitrogens is 1. The van der Waals surface area contributed by atoms with Crippen molar-refractivity contribution >= 4 is 16.8 Å². The van der Waals surface area contributed by atoms with Gasteiger partial charge < -0.3 is 9.88 Å². The van der Waals surface area contributed by atoms with Crippen molar-refractivity contribution in [3.05, 3.63) is 65.4 Å².